The average molecular weight is 367 g/mol. The zero-order chi connectivity index (χ0) is 18.3. The van der Waals surface area contributed by atoms with Crippen LogP contribution in [0.4, 0.5) is 5.69 Å². The van der Waals surface area contributed by atoms with E-state index in [0.717, 1.165) is 37.1 Å². The lowest BCUT2D eigenvalue weighted by molar-refractivity contribution is -0.120. The lowest BCUT2D eigenvalue weighted by atomic mass is 10.0. The van der Waals surface area contributed by atoms with E-state index < -0.39 is 0 Å². The molecule has 132 valence electrons. The summed E-state index contributed by atoms with van der Waals surface area (Å²) in [6, 6.07) is 14.6. The number of halogens is 1. The molecule has 0 unspecified atom stereocenters. The molecule has 2 heterocycles. The summed E-state index contributed by atoms with van der Waals surface area (Å²) in [6.45, 7) is 3.55. The molecule has 0 N–H and O–H groups in total. The maximum absolute atomic E-state index is 13.3. The highest BCUT2D eigenvalue weighted by Crippen LogP contribution is 2.36. The zero-order valence-corrected chi connectivity index (χ0v) is 15.3. The molecule has 0 atom stereocenters. The van der Waals surface area contributed by atoms with Gasteiger partial charge < -0.3 is 4.90 Å². The molecule has 0 aliphatic carbocycles. The molecule has 4 nitrogen and oxygen atoms in total. The van der Waals surface area contributed by atoms with E-state index in [4.69, 9.17) is 11.6 Å². The molecule has 5 heteroatoms. The van der Waals surface area contributed by atoms with Gasteiger partial charge in [-0.3, -0.25) is 9.59 Å². The lowest BCUT2D eigenvalue weighted by Crippen LogP contribution is -2.34. The van der Waals surface area contributed by atoms with Gasteiger partial charge in [0.1, 0.15) is 5.70 Å². The van der Waals surface area contributed by atoms with E-state index >= 15 is 0 Å². The molecule has 1 saturated heterocycles. The Morgan fingerprint density at radius 3 is 2.27 bits per heavy atom. The third kappa shape index (κ3) is 2.80. The molecule has 2 aromatic rings. The van der Waals surface area contributed by atoms with Crippen LogP contribution in [0.2, 0.25) is 5.02 Å². The number of amides is 2. The second-order valence-electron chi connectivity index (χ2n) is 6.71. The van der Waals surface area contributed by atoms with Crippen LogP contribution in [0, 0.1) is 6.92 Å². The minimum atomic E-state index is -0.273. The molecule has 2 aliphatic heterocycles. The summed E-state index contributed by atoms with van der Waals surface area (Å²) in [5.74, 6) is -0.516. The van der Waals surface area contributed by atoms with Crippen LogP contribution in [0.1, 0.15) is 24.0 Å². The van der Waals surface area contributed by atoms with Gasteiger partial charge in [-0.2, -0.15) is 0 Å². The smallest absolute Gasteiger partial charge is 0.282 e. The summed E-state index contributed by atoms with van der Waals surface area (Å²) < 4.78 is 0. The van der Waals surface area contributed by atoms with Crippen molar-refractivity contribution in [1.82, 2.24) is 4.90 Å². The molecule has 0 bridgehead atoms. The molecule has 2 aromatic carbocycles. The fraction of sp³-hybridized carbons (Fsp3) is 0.238. The van der Waals surface area contributed by atoms with Crippen molar-refractivity contribution in [1.29, 1.82) is 0 Å². The van der Waals surface area contributed by atoms with Crippen LogP contribution < -0.4 is 4.90 Å². The van der Waals surface area contributed by atoms with Crippen LogP contribution >= 0.6 is 11.6 Å². The van der Waals surface area contributed by atoms with Crippen LogP contribution in [0.5, 0.6) is 0 Å². The summed E-state index contributed by atoms with van der Waals surface area (Å²) >= 11 is 6.00. The first kappa shape index (κ1) is 16.9. The largest absolute Gasteiger partial charge is 0.366 e. The standard InChI is InChI=1S/C21H19ClN2O2/c1-14-5-4-6-17(13-14)24-20(25)18(15-7-9-16(22)10-8-15)19(21(24)26)23-11-2-3-12-23/h4-10,13H,2-3,11-12H2,1H3. The Labute approximate surface area is 157 Å². The Hall–Kier alpha value is -2.59. The van der Waals surface area contributed by atoms with E-state index in [1.165, 1.54) is 4.90 Å². The van der Waals surface area contributed by atoms with Crippen LogP contribution in [0.3, 0.4) is 0 Å². The van der Waals surface area contributed by atoms with E-state index in [2.05, 4.69) is 0 Å². The minimum absolute atomic E-state index is 0.243. The number of benzene rings is 2. The highest BCUT2D eigenvalue weighted by atomic mass is 35.5. The van der Waals surface area contributed by atoms with Crippen LogP contribution in [0.25, 0.3) is 5.57 Å². The molecule has 1 fully saturated rings. The monoisotopic (exact) mass is 366 g/mol. The van der Waals surface area contributed by atoms with Crippen molar-refractivity contribution in [3.63, 3.8) is 0 Å². The van der Waals surface area contributed by atoms with E-state index in [-0.39, 0.29) is 11.8 Å². The van der Waals surface area contributed by atoms with Crippen molar-refractivity contribution in [3.05, 3.63) is 70.4 Å². The SMILES string of the molecule is Cc1cccc(N2C(=O)C(c3ccc(Cl)cc3)=C(N3CCCC3)C2=O)c1. The number of hydrogen-bond donors (Lipinski definition) is 0. The third-order valence-electron chi connectivity index (χ3n) is 4.87. The van der Waals surface area contributed by atoms with Gasteiger partial charge in [0.05, 0.1) is 11.3 Å². The summed E-state index contributed by atoms with van der Waals surface area (Å²) in [6.07, 6.45) is 2.06. The van der Waals surface area contributed by atoms with Crippen LogP contribution in [-0.4, -0.2) is 29.8 Å². The average Bonchev–Trinajstić information content (AvgIpc) is 3.22. The van der Waals surface area contributed by atoms with Gasteiger partial charge in [-0.15, -0.1) is 0 Å². The predicted molar refractivity (Wildman–Crippen MR) is 103 cm³/mol. The summed E-state index contributed by atoms with van der Waals surface area (Å²) in [5, 5.41) is 0.601. The van der Waals surface area contributed by atoms with Gasteiger partial charge in [0.2, 0.25) is 0 Å². The predicted octanol–water partition coefficient (Wildman–Crippen LogP) is 4.03. The molecule has 2 aliphatic rings. The van der Waals surface area contributed by atoms with Gasteiger partial charge in [0.25, 0.3) is 11.8 Å². The quantitative estimate of drug-likeness (QED) is 0.770. The van der Waals surface area contributed by atoms with Gasteiger partial charge in [-0.25, -0.2) is 4.90 Å². The molecule has 0 radical (unpaired) electrons. The Morgan fingerprint density at radius 1 is 0.923 bits per heavy atom. The van der Waals surface area contributed by atoms with Crippen molar-refractivity contribution in [3.8, 4) is 0 Å². The number of likely N-dealkylation sites (tertiary alicyclic amines) is 1. The number of carbonyl (C=O) groups is 2. The first-order chi connectivity index (χ1) is 12.6. The van der Waals surface area contributed by atoms with Gasteiger partial charge in [-0.05, 0) is 55.2 Å². The van der Waals surface area contributed by atoms with Gasteiger partial charge in [-0.1, -0.05) is 35.9 Å². The number of imide groups is 1. The lowest BCUT2D eigenvalue weighted by Gasteiger charge is -2.20. The first-order valence-electron chi connectivity index (χ1n) is 8.77. The number of aryl methyl sites for hydroxylation is 1. The molecule has 4 rings (SSSR count). The van der Waals surface area contributed by atoms with E-state index in [0.29, 0.717) is 22.0 Å². The maximum atomic E-state index is 13.3. The Balaban J connectivity index is 1.84. The van der Waals surface area contributed by atoms with Crippen molar-refractivity contribution in [2.45, 2.75) is 19.8 Å². The fourth-order valence-corrected chi connectivity index (χ4v) is 3.76. The Bertz CT molecular complexity index is 912. The highest BCUT2D eigenvalue weighted by molar-refractivity contribution is 6.45. The van der Waals surface area contributed by atoms with Gasteiger partial charge in [0.15, 0.2) is 0 Å². The van der Waals surface area contributed by atoms with Crippen LogP contribution in [-0.2, 0) is 9.59 Å². The third-order valence-corrected chi connectivity index (χ3v) is 5.13. The van der Waals surface area contributed by atoms with E-state index in [9.17, 15) is 9.59 Å². The Morgan fingerprint density at radius 2 is 1.62 bits per heavy atom. The fourth-order valence-electron chi connectivity index (χ4n) is 3.63. The van der Waals surface area contributed by atoms with Gasteiger partial charge >= 0.3 is 0 Å². The maximum Gasteiger partial charge on any atom is 0.282 e. The number of rotatable bonds is 3. The molecule has 0 spiro atoms. The van der Waals surface area contributed by atoms with E-state index in [1.54, 1.807) is 30.3 Å². The molecule has 2 amide bonds. The number of nitrogens with zero attached hydrogens (tertiary/aromatic N) is 2. The highest BCUT2D eigenvalue weighted by Gasteiger charge is 2.42. The molecular weight excluding hydrogens is 348 g/mol. The van der Waals surface area contributed by atoms with Crippen molar-refractivity contribution in [2.24, 2.45) is 0 Å². The number of carbonyl (C=O) groups excluding carboxylic acids is 2. The summed E-state index contributed by atoms with van der Waals surface area (Å²) in [7, 11) is 0. The van der Waals surface area contributed by atoms with E-state index in [1.807, 2.05) is 30.0 Å². The minimum Gasteiger partial charge on any atom is -0.366 e. The van der Waals surface area contributed by atoms with Gasteiger partial charge in [0, 0.05) is 18.1 Å². The molecule has 26 heavy (non-hydrogen) atoms. The number of hydrogen-bond acceptors (Lipinski definition) is 3. The summed E-state index contributed by atoms with van der Waals surface area (Å²) in [4.78, 5) is 29.9. The summed E-state index contributed by atoms with van der Waals surface area (Å²) in [5.41, 5.74) is 3.32. The normalized spacial score (nSPS) is 17.6. The topological polar surface area (TPSA) is 40.6 Å². The van der Waals surface area contributed by atoms with Crippen molar-refractivity contribution >= 4 is 34.7 Å². The van der Waals surface area contributed by atoms with Crippen molar-refractivity contribution in [2.75, 3.05) is 18.0 Å². The zero-order valence-electron chi connectivity index (χ0n) is 14.5. The molecule has 0 aromatic heterocycles. The molecule has 0 saturated carbocycles. The van der Waals surface area contributed by atoms with Crippen molar-refractivity contribution < 1.29 is 9.59 Å². The Kier molecular flexibility index (Phi) is 4.29. The van der Waals surface area contributed by atoms with Crippen LogP contribution in [0.15, 0.2) is 54.2 Å². The first-order valence-corrected chi connectivity index (χ1v) is 9.14. The molecular formula is C21H19ClN2O2. The number of anilines is 1. The second-order valence-corrected chi connectivity index (χ2v) is 7.15. The second kappa shape index (κ2) is 6.61.